The van der Waals surface area contributed by atoms with E-state index < -0.39 is 0 Å². The van der Waals surface area contributed by atoms with Crippen molar-refractivity contribution in [2.75, 3.05) is 13.1 Å². The van der Waals surface area contributed by atoms with Crippen molar-refractivity contribution in [3.63, 3.8) is 0 Å². The number of nitrogens with zero attached hydrogens (tertiary/aromatic N) is 1. The van der Waals surface area contributed by atoms with Crippen LogP contribution in [0.4, 0.5) is 0 Å². The second-order valence-corrected chi connectivity index (χ2v) is 6.56. The summed E-state index contributed by atoms with van der Waals surface area (Å²) >= 11 is 0. The van der Waals surface area contributed by atoms with Crippen LogP contribution >= 0.6 is 0 Å². The molecule has 2 heteroatoms. The van der Waals surface area contributed by atoms with E-state index in [-0.39, 0.29) is 0 Å². The molecule has 0 bridgehead atoms. The normalized spacial score (nSPS) is 26.9. The number of hydrogen-bond acceptors (Lipinski definition) is 2. The molecule has 1 aromatic rings. The highest BCUT2D eigenvalue weighted by Gasteiger charge is 2.29. The van der Waals surface area contributed by atoms with Crippen LogP contribution in [0, 0.1) is 11.8 Å². The summed E-state index contributed by atoms with van der Waals surface area (Å²) in [5, 5.41) is 0. The number of benzene rings is 1. The SMILES string of the molecule is CC1CCC(N(CCCN)Cc2ccccc2)C(C)C1. The zero-order chi connectivity index (χ0) is 14.4. The number of nitrogens with two attached hydrogens (primary N) is 1. The average molecular weight is 274 g/mol. The van der Waals surface area contributed by atoms with Gasteiger partial charge in [0.15, 0.2) is 0 Å². The van der Waals surface area contributed by atoms with Gasteiger partial charge in [-0.25, -0.2) is 0 Å². The Kier molecular flexibility index (Phi) is 6.06. The summed E-state index contributed by atoms with van der Waals surface area (Å²) in [6.45, 7) is 7.83. The Bertz CT molecular complexity index is 376. The van der Waals surface area contributed by atoms with E-state index in [1.165, 1.54) is 24.8 Å². The first-order chi connectivity index (χ1) is 9.70. The quantitative estimate of drug-likeness (QED) is 0.857. The van der Waals surface area contributed by atoms with Gasteiger partial charge in [-0.15, -0.1) is 0 Å². The molecule has 1 aliphatic rings. The molecular weight excluding hydrogens is 244 g/mol. The Balaban J connectivity index is 2.02. The largest absolute Gasteiger partial charge is 0.330 e. The highest BCUT2D eigenvalue weighted by atomic mass is 15.2. The molecule has 0 heterocycles. The first kappa shape index (κ1) is 15.5. The van der Waals surface area contributed by atoms with Gasteiger partial charge in [-0.05, 0) is 56.2 Å². The van der Waals surface area contributed by atoms with Crippen molar-refractivity contribution in [2.45, 2.75) is 52.1 Å². The third kappa shape index (κ3) is 4.32. The summed E-state index contributed by atoms with van der Waals surface area (Å²) in [7, 11) is 0. The molecule has 112 valence electrons. The van der Waals surface area contributed by atoms with Crippen molar-refractivity contribution in [2.24, 2.45) is 17.6 Å². The van der Waals surface area contributed by atoms with E-state index in [1.807, 2.05) is 0 Å². The molecule has 0 radical (unpaired) electrons. The van der Waals surface area contributed by atoms with Crippen LogP contribution in [-0.4, -0.2) is 24.0 Å². The van der Waals surface area contributed by atoms with Gasteiger partial charge in [-0.1, -0.05) is 44.2 Å². The zero-order valence-corrected chi connectivity index (χ0v) is 13.1. The second kappa shape index (κ2) is 7.80. The van der Waals surface area contributed by atoms with E-state index in [1.54, 1.807) is 0 Å². The summed E-state index contributed by atoms with van der Waals surface area (Å²) in [4.78, 5) is 2.68. The van der Waals surface area contributed by atoms with E-state index in [2.05, 4.69) is 49.1 Å². The highest BCUT2D eigenvalue weighted by Crippen LogP contribution is 2.32. The van der Waals surface area contributed by atoms with Gasteiger partial charge in [0.25, 0.3) is 0 Å². The molecule has 2 nitrogen and oxygen atoms in total. The molecule has 1 aliphatic carbocycles. The van der Waals surface area contributed by atoms with Gasteiger partial charge < -0.3 is 5.73 Å². The van der Waals surface area contributed by atoms with Crippen molar-refractivity contribution >= 4 is 0 Å². The number of rotatable bonds is 6. The molecule has 0 aromatic heterocycles. The molecule has 0 amide bonds. The number of hydrogen-bond donors (Lipinski definition) is 1. The third-order valence-electron chi connectivity index (χ3n) is 4.73. The first-order valence-electron chi connectivity index (χ1n) is 8.18. The van der Waals surface area contributed by atoms with E-state index >= 15 is 0 Å². The molecule has 0 saturated heterocycles. The molecule has 0 spiro atoms. The van der Waals surface area contributed by atoms with Crippen molar-refractivity contribution < 1.29 is 0 Å². The molecule has 0 aliphatic heterocycles. The van der Waals surface area contributed by atoms with Crippen molar-refractivity contribution in [3.8, 4) is 0 Å². The van der Waals surface area contributed by atoms with Crippen LogP contribution in [0.2, 0.25) is 0 Å². The fraction of sp³-hybridized carbons (Fsp3) is 0.667. The lowest BCUT2D eigenvalue weighted by Crippen LogP contribution is -2.43. The Morgan fingerprint density at radius 1 is 1.15 bits per heavy atom. The Morgan fingerprint density at radius 2 is 1.90 bits per heavy atom. The first-order valence-corrected chi connectivity index (χ1v) is 8.18. The van der Waals surface area contributed by atoms with Crippen LogP contribution in [0.15, 0.2) is 30.3 Å². The average Bonchev–Trinajstić information content (AvgIpc) is 2.45. The minimum absolute atomic E-state index is 0.734. The molecular formula is C18H30N2. The Hall–Kier alpha value is -0.860. The van der Waals surface area contributed by atoms with E-state index in [0.29, 0.717) is 0 Å². The molecule has 2 rings (SSSR count). The molecule has 20 heavy (non-hydrogen) atoms. The van der Waals surface area contributed by atoms with Crippen molar-refractivity contribution in [1.82, 2.24) is 4.90 Å². The lowest BCUT2D eigenvalue weighted by atomic mass is 9.79. The zero-order valence-electron chi connectivity index (χ0n) is 13.1. The summed E-state index contributed by atoms with van der Waals surface area (Å²) < 4.78 is 0. The summed E-state index contributed by atoms with van der Waals surface area (Å²) in [5.41, 5.74) is 7.16. The van der Waals surface area contributed by atoms with Crippen LogP contribution in [-0.2, 0) is 6.54 Å². The van der Waals surface area contributed by atoms with E-state index in [9.17, 15) is 0 Å². The fourth-order valence-corrected chi connectivity index (χ4v) is 3.67. The van der Waals surface area contributed by atoms with Crippen LogP contribution < -0.4 is 5.73 Å². The molecule has 3 atom stereocenters. The van der Waals surface area contributed by atoms with E-state index in [0.717, 1.165) is 43.9 Å². The van der Waals surface area contributed by atoms with Gasteiger partial charge in [0, 0.05) is 12.6 Å². The fourth-order valence-electron chi connectivity index (χ4n) is 3.67. The predicted octanol–water partition coefficient (Wildman–Crippen LogP) is 3.66. The van der Waals surface area contributed by atoms with Gasteiger partial charge in [0.05, 0.1) is 0 Å². The maximum Gasteiger partial charge on any atom is 0.0236 e. The second-order valence-electron chi connectivity index (χ2n) is 6.56. The minimum Gasteiger partial charge on any atom is -0.330 e. The Morgan fingerprint density at radius 3 is 2.55 bits per heavy atom. The van der Waals surface area contributed by atoms with Crippen molar-refractivity contribution in [3.05, 3.63) is 35.9 Å². The standard InChI is InChI=1S/C18H30N2/c1-15-9-10-18(16(2)13-15)20(12-6-11-19)14-17-7-4-3-5-8-17/h3-5,7-8,15-16,18H,6,9-14,19H2,1-2H3. The van der Waals surface area contributed by atoms with E-state index in [4.69, 9.17) is 5.73 Å². The van der Waals surface area contributed by atoms with Gasteiger partial charge >= 0.3 is 0 Å². The molecule has 1 fully saturated rings. The summed E-state index contributed by atoms with van der Waals surface area (Å²) in [6, 6.07) is 11.6. The molecule has 3 unspecified atom stereocenters. The lowest BCUT2D eigenvalue weighted by molar-refractivity contribution is 0.0862. The summed E-state index contributed by atoms with van der Waals surface area (Å²) in [5.74, 6) is 1.70. The van der Waals surface area contributed by atoms with Gasteiger partial charge in [0.1, 0.15) is 0 Å². The summed E-state index contributed by atoms with van der Waals surface area (Å²) in [6.07, 6.45) is 5.20. The third-order valence-corrected chi connectivity index (χ3v) is 4.73. The van der Waals surface area contributed by atoms with Gasteiger partial charge in [-0.2, -0.15) is 0 Å². The minimum atomic E-state index is 0.734. The molecule has 2 N–H and O–H groups in total. The predicted molar refractivity (Wildman–Crippen MR) is 86.5 cm³/mol. The molecule has 1 saturated carbocycles. The van der Waals surface area contributed by atoms with Crippen LogP contribution in [0.3, 0.4) is 0 Å². The van der Waals surface area contributed by atoms with Gasteiger partial charge in [-0.3, -0.25) is 4.90 Å². The monoisotopic (exact) mass is 274 g/mol. The van der Waals surface area contributed by atoms with Crippen LogP contribution in [0.25, 0.3) is 0 Å². The maximum absolute atomic E-state index is 5.73. The maximum atomic E-state index is 5.73. The topological polar surface area (TPSA) is 29.3 Å². The van der Waals surface area contributed by atoms with Crippen LogP contribution in [0.1, 0.15) is 45.1 Å². The van der Waals surface area contributed by atoms with Crippen LogP contribution in [0.5, 0.6) is 0 Å². The molecule has 1 aromatic carbocycles. The smallest absolute Gasteiger partial charge is 0.0236 e. The van der Waals surface area contributed by atoms with Gasteiger partial charge in [0.2, 0.25) is 0 Å². The van der Waals surface area contributed by atoms with Crippen molar-refractivity contribution in [1.29, 1.82) is 0 Å². The highest BCUT2D eigenvalue weighted by molar-refractivity contribution is 5.14. The lowest BCUT2D eigenvalue weighted by Gasteiger charge is -2.40. The Labute approximate surface area is 124 Å².